The first-order valence-corrected chi connectivity index (χ1v) is 9.03. The highest BCUT2D eigenvalue weighted by Crippen LogP contribution is 2.32. The first-order chi connectivity index (χ1) is 10.1. The van der Waals surface area contributed by atoms with Crippen molar-refractivity contribution >= 4 is 23.3 Å². The van der Waals surface area contributed by atoms with Gasteiger partial charge in [-0.1, -0.05) is 13.8 Å². The summed E-state index contributed by atoms with van der Waals surface area (Å²) in [5, 5.41) is 3.44. The maximum absolute atomic E-state index is 5.94. The molecule has 0 bridgehead atoms. The number of anilines is 2. The number of thioether (sulfide) groups is 1. The van der Waals surface area contributed by atoms with Crippen molar-refractivity contribution in [3.8, 4) is 5.88 Å². The lowest BCUT2D eigenvalue weighted by atomic mass is 10.0. The van der Waals surface area contributed by atoms with Crippen LogP contribution in [0.1, 0.15) is 39.5 Å². The summed E-state index contributed by atoms with van der Waals surface area (Å²) in [6.07, 6.45) is 6.98. The molecule has 0 amide bonds. The highest BCUT2D eigenvalue weighted by atomic mass is 32.2. The minimum absolute atomic E-state index is 0.262. The van der Waals surface area contributed by atoms with Gasteiger partial charge in [-0.25, -0.2) is 0 Å². The van der Waals surface area contributed by atoms with Crippen LogP contribution < -0.4 is 15.8 Å². The molecule has 0 atom stereocenters. The molecule has 4 nitrogen and oxygen atoms in total. The van der Waals surface area contributed by atoms with Crippen LogP contribution in [-0.2, 0) is 0 Å². The van der Waals surface area contributed by atoms with Crippen molar-refractivity contribution in [2.75, 3.05) is 30.5 Å². The second-order valence-corrected chi connectivity index (χ2v) is 7.07. The second kappa shape index (κ2) is 7.25. The van der Waals surface area contributed by atoms with Gasteiger partial charge in [0, 0.05) is 11.3 Å². The van der Waals surface area contributed by atoms with E-state index >= 15 is 0 Å². The summed E-state index contributed by atoms with van der Waals surface area (Å²) >= 11 is 1.92. The van der Waals surface area contributed by atoms with Gasteiger partial charge in [0.2, 0.25) is 5.88 Å². The van der Waals surface area contributed by atoms with Crippen molar-refractivity contribution in [1.29, 1.82) is 0 Å². The molecule has 0 radical (unpaired) electrons. The molecule has 0 spiro atoms. The molecule has 1 fully saturated rings. The van der Waals surface area contributed by atoms with E-state index in [2.05, 4.69) is 30.4 Å². The smallest absolute Gasteiger partial charge is 0.239 e. The Hall–Kier alpha value is -1.10. The molecule has 21 heavy (non-hydrogen) atoms. The Kier molecular flexibility index (Phi) is 5.62. The van der Waals surface area contributed by atoms with Gasteiger partial charge in [0.1, 0.15) is 5.82 Å². The Morgan fingerprint density at radius 1 is 1.38 bits per heavy atom. The zero-order chi connectivity index (χ0) is 15.3. The van der Waals surface area contributed by atoms with Crippen LogP contribution in [0.25, 0.3) is 0 Å². The summed E-state index contributed by atoms with van der Waals surface area (Å²) in [4.78, 5) is 4.51. The summed E-state index contributed by atoms with van der Waals surface area (Å²) in [5.41, 5.74) is 6.55. The maximum atomic E-state index is 5.94. The zero-order valence-corrected chi connectivity index (χ0v) is 14.1. The normalized spacial score (nSPS) is 15.0. The van der Waals surface area contributed by atoms with Gasteiger partial charge in [0.15, 0.2) is 0 Å². The van der Waals surface area contributed by atoms with E-state index in [0.717, 1.165) is 31.8 Å². The number of nitrogens with two attached hydrogens (primary N) is 1. The number of rotatable bonds is 9. The number of nitrogens with one attached hydrogen (secondary N) is 1. The lowest BCUT2D eigenvalue weighted by Gasteiger charge is -2.30. The van der Waals surface area contributed by atoms with Crippen LogP contribution in [0.3, 0.4) is 0 Å². The molecule has 1 aliphatic rings. The molecule has 118 valence electrons. The van der Waals surface area contributed by atoms with E-state index in [4.69, 9.17) is 10.5 Å². The third kappa shape index (κ3) is 4.43. The van der Waals surface area contributed by atoms with Crippen molar-refractivity contribution in [2.45, 2.75) is 44.3 Å². The summed E-state index contributed by atoms with van der Waals surface area (Å²) in [6.45, 7) is 6.12. The van der Waals surface area contributed by atoms with Gasteiger partial charge < -0.3 is 15.8 Å². The lowest BCUT2D eigenvalue weighted by molar-refractivity contribution is 0.290. The molecule has 1 saturated carbocycles. The molecule has 0 saturated heterocycles. The van der Waals surface area contributed by atoms with Crippen LogP contribution in [0.5, 0.6) is 5.88 Å². The van der Waals surface area contributed by atoms with Gasteiger partial charge >= 0.3 is 0 Å². The third-order valence-corrected chi connectivity index (χ3v) is 5.94. The van der Waals surface area contributed by atoms with Crippen LogP contribution in [-0.4, -0.2) is 29.1 Å². The molecule has 0 aromatic carbocycles. The highest BCUT2D eigenvalue weighted by Gasteiger charge is 2.25. The molecule has 3 N–H and O–H groups in total. The monoisotopic (exact) mass is 309 g/mol. The van der Waals surface area contributed by atoms with E-state index in [1.165, 1.54) is 12.8 Å². The minimum Gasteiger partial charge on any atom is -0.476 e. The molecule has 1 aliphatic carbocycles. The summed E-state index contributed by atoms with van der Waals surface area (Å²) in [5.74, 6) is 2.11. The van der Waals surface area contributed by atoms with Crippen LogP contribution in [0, 0.1) is 5.92 Å². The third-order valence-electron chi connectivity index (χ3n) is 4.36. The topological polar surface area (TPSA) is 60.2 Å². The molecular weight excluding hydrogens is 282 g/mol. The van der Waals surface area contributed by atoms with Crippen LogP contribution in [0.4, 0.5) is 11.5 Å². The van der Waals surface area contributed by atoms with Gasteiger partial charge in [-0.2, -0.15) is 16.7 Å². The highest BCUT2D eigenvalue weighted by molar-refractivity contribution is 8.00. The molecule has 0 aliphatic heterocycles. The Morgan fingerprint density at radius 2 is 2.10 bits per heavy atom. The molecule has 1 heterocycles. The zero-order valence-electron chi connectivity index (χ0n) is 13.3. The van der Waals surface area contributed by atoms with Crippen LogP contribution in [0.15, 0.2) is 12.1 Å². The van der Waals surface area contributed by atoms with Gasteiger partial charge in [0.05, 0.1) is 12.3 Å². The lowest BCUT2D eigenvalue weighted by Crippen LogP contribution is -2.32. The van der Waals surface area contributed by atoms with Gasteiger partial charge in [-0.15, -0.1) is 0 Å². The molecule has 5 heteroatoms. The average Bonchev–Trinajstić information content (AvgIpc) is 3.33. The number of nitrogen functional groups attached to an aromatic ring is 1. The number of hydrogen-bond acceptors (Lipinski definition) is 5. The SMILES string of the molecule is CCC(CC)(CNc1ccc(N)c(OCC2CC2)n1)SC. The molecule has 0 unspecified atom stereocenters. The Balaban J connectivity index is 1.97. The molecule has 1 aromatic rings. The number of hydrogen-bond donors (Lipinski definition) is 2. The number of ether oxygens (including phenoxy) is 1. The van der Waals surface area contributed by atoms with Gasteiger partial charge in [-0.3, -0.25) is 0 Å². The van der Waals surface area contributed by atoms with Crippen molar-refractivity contribution in [1.82, 2.24) is 4.98 Å². The van der Waals surface area contributed by atoms with E-state index in [1.54, 1.807) is 0 Å². The number of nitrogens with zero attached hydrogens (tertiary/aromatic N) is 1. The van der Waals surface area contributed by atoms with E-state index in [1.807, 2.05) is 23.9 Å². The fourth-order valence-electron chi connectivity index (χ4n) is 2.26. The number of pyridine rings is 1. The summed E-state index contributed by atoms with van der Waals surface area (Å²) < 4.78 is 5.99. The van der Waals surface area contributed by atoms with Crippen molar-refractivity contribution in [3.63, 3.8) is 0 Å². The summed E-state index contributed by atoms with van der Waals surface area (Å²) in [6, 6.07) is 3.80. The average molecular weight is 309 g/mol. The van der Waals surface area contributed by atoms with Crippen molar-refractivity contribution in [2.24, 2.45) is 5.92 Å². The van der Waals surface area contributed by atoms with Gasteiger partial charge in [-0.05, 0) is 50.0 Å². The first kappa shape index (κ1) is 16.3. The number of aromatic nitrogens is 1. The van der Waals surface area contributed by atoms with Gasteiger partial charge in [0.25, 0.3) is 0 Å². The quantitative estimate of drug-likeness (QED) is 0.727. The fraction of sp³-hybridized carbons (Fsp3) is 0.688. The minimum atomic E-state index is 0.262. The van der Waals surface area contributed by atoms with E-state index in [0.29, 0.717) is 17.5 Å². The Morgan fingerprint density at radius 3 is 2.67 bits per heavy atom. The fourth-order valence-corrected chi connectivity index (χ4v) is 3.05. The molecule has 1 aromatic heterocycles. The molecular formula is C16H27N3OS. The van der Waals surface area contributed by atoms with E-state index in [-0.39, 0.29) is 4.75 Å². The summed E-state index contributed by atoms with van der Waals surface area (Å²) in [7, 11) is 0. The Bertz CT molecular complexity index is 451. The predicted octanol–water partition coefficient (Wildman–Crippen LogP) is 3.79. The predicted molar refractivity (Wildman–Crippen MR) is 92.2 cm³/mol. The standard InChI is InChI=1S/C16H27N3OS/c1-4-16(5-2,21-3)11-18-14-9-8-13(17)15(19-14)20-10-12-6-7-12/h8-9,12H,4-7,10-11,17H2,1-3H3,(H,18,19). The van der Waals surface area contributed by atoms with E-state index < -0.39 is 0 Å². The van der Waals surface area contributed by atoms with E-state index in [9.17, 15) is 0 Å². The van der Waals surface area contributed by atoms with Crippen molar-refractivity contribution in [3.05, 3.63) is 12.1 Å². The second-order valence-electron chi connectivity index (χ2n) is 5.79. The Labute approximate surface area is 132 Å². The largest absolute Gasteiger partial charge is 0.476 e. The van der Waals surface area contributed by atoms with Crippen LogP contribution in [0.2, 0.25) is 0 Å². The maximum Gasteiger partial charge on any atom is 0.239 e. The van der Waals surface area contributed by atoms with Crippen molar-refractivity contribution < 1.29 is 4.74 Å². The molecule has 2 rings (SSSR count). The van der Waals surface area contributed by atoms with Crippen LogP contribution >= 0.6 is 11.8 Å². The first-order valence-electron chi connectivity index (χ1n) is 7.80.